The van der Waals surface area contributed by atoms with Crippen molar-refractivity contribution in [3.05, 3.63) is 71.8 Å². The smallest absolute Gasteiger partial charge is 0.126 e. The maximum absolute atomic E-state index is 10.4. The topological polar surface area (TPSA) is 29.5 Å². The number of phenolic OH excluding ortho intramolecular Hbond substituents is 1. The molecule has 1 N–H and O–H groups in total. The number of fused-ring (bicyclic) bond motifs is 1. The first-order valence-electron chi connectivity index (χ1n) is 8.59. The molecule has 0 saturated heterocycles. The molecule has 0 saturated carbocycles. The Balaban J connectivity index is 2.18. The van der Waals surface area contributed by atoms with Gasteiger partial charge in [-0.2, -0.15) is 0 Å². The van der Waals surface area contributed by atoms with Gasteiger partial charge in [0, 0.05) is 16.9 Å². The van der Waals surface area contributed by atoms with Gasteiger partial charge in [-0.25, -0.2) is 0 Å². The maximum atomic E-state index is 10.4. The molecule has 24 heavy (non-hydrogen) atoms. The minimum Gasteiger partial charge on any atom is -0.508 e. The quantitative estimate of drug-likeness (QED) is 0.615. The Labute approximate surface area is 143 Å². The molecule has 124 valence electrons. The van der Waals surface area contributed by atoms with Crippen molar-refractivity contribution in [2.45, 2.75) is 32.1 Å². The van der Waals surface area contributed by atoms with Gasteiger partial charge in [0.25, 0.3) is 0 Å². The van der Waals surface area contributed by atoms with Crippen molar-refractivity contribution in [2.75, 3.05) is 7.11 Å². The van der Waals surface area contributed by atoms with E-state index in [0.29, 0.717) is 5.75 Å². The molecule has 3 aromatic rings. The number of hydrogen-bond acceptors (Lipinski definition) is 2. The van der Waals surface area contributed by atoms with E-state index in [0.717, 1.165) is 36.0 Å². The standard InChI is InChI=1S/C22H24O2/c1-3-4-9-16(19-11-7-8-13-21(19)23)18-14-15-22(24-2)20-12-6-5-10-17(18)20/h5-8,10-16,23H,3-4,9H2,1-2H3. The van der Waals surface area contributed by atoms with E-state index in [1.165, 1.54) is 10.9 Å². The molecule has 0 bridgehead atoms. The highest BCUT2D eigenvalue weighted by Crippen LogP contribution is 2.40. The molecule has 1 unspecified atom stereocenters. The first-order chi connectivity index (χ1) is 11.8. The molecule has 0 fully saturated rings. The van der Waals surface area contributed by atoms with Crippen LogP contribution in [0.5, 0.6) is 11.5 Å². The SMILES string of the molecule is CCCCC(c1ccccc1O)c1ccc(OC)c2ccccc12. The predicted molar refractivity (Wildman–Crippen MR) is 100.0 cm³/mol. The molecule has 0 aliphatic rings. The third-order valence-electron chi connectivity index (χ3n) is 4.67. The van der Waals surface area contributed by atoms with E-state index in [2.05, 4.69) is 31.2 Å². The largest absolute Gasteiger partial charge is 0.508 e. The van der Waals surface area contributed by atoms with Crippen LogP contribution in [0.1, 0.15) is 43.2 Å². The third kappa shape index (κ3) is 3.09. The summed E-state index contributed by atoms with van der Waals surface area (Å²) in [5.41, 5.74) is 2.25. The molecule has 1 atom stereocenters. The number of para-hydroxylation sites is 1. The Bertz CT molecular complexity index is 823. The summed E-state index contributed by atoms with van der Waals surface area (Å²) in [7, 11) is 1.71. The van der Waals surface area contributed by atoms with Gasteiger partial charge in [-0.1, -0.05) is 68.3 Å². The van der Waals surface area contributed by atoms with Crippen LogP contribution in [-0.4, -0.2) is 12.2 Å². The van der Waals surface area contributed by atoms with Gasteiger partial charge < -0.3 is 9.84 Å². The summed E-state index contributed by atoms with van der Waals surface area (Å²) in [5.74, 6) is 1.45. The second-order valence-corrected chi connectivity index (χ2v) is 6.16. The molecule has 0 aliphatic heterocycles. The van der Waals surface area contributed by atoms with Crippen LogP contribution in [0.15, 0.2) is 60.7 Å². The van der Waals surface area contributed by atoms with E-state index in [4.69, 9.17) is 4.74 Å². The Morgan fingerprint density at radius 2 is 1.58 bits per heavy atom. The normalized spacial score (nSPS) is 12.2. The minimum absolute atomic E-state index is 0.182. The van der Waals surface area contributed by atoms with Crippen LogP contribution < -0.4 is 4.74 Å². The molecule has 0 aromatic heterocycles. The highest BCUT2D eigenvalue weighted by atomic mass is 16.5. The first-order valence-corrected chi connectivity index (χ1v) is 8.59. The summed E-state index contributed by atoms with van der Waals surface area (Å²) in [6.07, 6.45) is 3.28. The van der Waals surface area contributed by atoms with Crippen LogP contribution in [0.3, 0.4) is 0 Å². The van der Waals surface area contributed by atoms with E-state index in [1.54, 1.807) is 13.2 Å². The molecular weight excluding hydrogens is 296 g/mol. The fraction of sp³-hybridized carbons (Fsp3) is 0.273. The summed E-state index contributed by atoms with van der Waals surface area (Å²) < 4.78 is 5.52. The highest BCUT2D eigenvalue weighted by Gasteiger charge is 2.20. The highest BCUT2D eigenvalue weighted by molar-refractivity contribution is 5.91. The van der Waals surface area contributed by atoms with Gasteiger partial charge in [0.05, 0.1) is 7.11 Å². The van der Waals surface area contributed by atoms with E-state index in [-0.39, 0.29) is 5.92 Å². The average Bonchev–Trinajstić information content (AvgIpc) is 2.63. The van der Waals surface area contributed by atoms with Crippen LogP contribution in [0.25, 0.3) is 10.8 Å². The zero-order valence-corrected chi connectivity index (χ0v) is 14.3. The second-order valence-electron chi connectivity index (χ2n) is 6.16. The molecule has 0 radical (unpaired) electrons. The van der Waals surface area contributed by atoms with E-state index in [1.807, 2.05) is 30.3 Å². The van der Waals surface area contributed by atoms with Crippen LogP contribution >= 0.6 is 0 Å². The van der Waals surface area contributed by atoms with E-state index < -0.39 is 0 Å². The van der Waals surface area contributed by atoms with Gasteiger partial charge in [-0.3, -0.25) is 0 Å². The zero-order chi connectivity index (χ0) is 16.9. The molecule has 0 spiro atoms. The Morgan fingerprint density at radius 1 is 0.875 bits per heavy atom. The molecule has 2 nitrogen and oxygen atoms in total. The van der Waals surface area contributed by atoms with E-state index >= 15 is 0 Å². The molecule has 0 amide bonds. The number of aromatic hydroxyl groups is 1. The molecule has 2 heteroatoms. The lowest BCUT2D eigenvalue weighted by atomic mass is 9.84. The van der Waals surface area contributed by atoms with Crippen molar-refractivity contribution < 1.29 is 9.84 Å². The zero-order valence-electron chi connectivity index (χ0n) is 14.3. The van der Waals surface area contributed by atoms with Crippen LogP contribution in [0.2, 0.25) is 0 Å². The van der Waals surface area contributed by atoms with Crippen molar-refractivity contribution >= 4 is 10.8 Å². The summed E-state index contributed by atoms with van der Waals surface area (Å²) in [4.78, 5) is 0. The monoisotopic (exact) mass is 320 g/mol. The number of rotatable bonds is 6. The number of hydrogen-bond donors (Lipinski definition) is 1. The number of methoxy groups -OCH3 is 1. The number of benzene rings is 3. The average molecular weight is 320 g/mol. The summed E-state index contributed by atoms with van der Waals surface area (Å²) in [6.45, 7) is 2.20. The van der Waals surface area contributed by atoms with Crippen molar-refractivity contribution in [2.24, 2.45) is 0 Å². The lowest BCUT2D eigenvalue weighted by Gasteiger charge is -2.21. The first kappa shape index (κ1) is 16.4. The molecule has 3 rings (SSSR count). The summed E-state index contributed by atoms with van der Waals surface area (Å²) in [6, 6.07) is 20.2. The van der Waals surface area contributed by atoms with Gasteiger partial charge >= 0.3 is 0 Å². The lowest BCUT2D eigenvalue weighted by molar-refractivity contribution is 0.419. The summed E-state index contributed by atoms with van der Waals surface area (Å²) >= 11 is 0. The summed E-state index contributed by atoms with van der Waals surface area (Å²) in [5, 5.41) is 12.7. The minimum atomic E-state index is 0.182. The van der Waals surface area contributed by atoms with Gasteiger partial charge in [-0.05, 0) is 29.5 Å². The molecule has 3 aromatic carbocycles. The lowest BCUT2D eigenvalue weighted by Crippen LogP contribution is -2.03. The second kappa shape index (κ2) is 7.39. The van der Waals surface area contributed by atoms with Crippen LogP contribution in [0.4, 0.5) is 0 Å². The fourth-order valence-corrected chi connectivity index (χ4v) is 3.45. The Kier molecular flexibility index (Phi) is 5.05. The van der Waals surface area contributed by atoms with Gasteiger partial charge in [0.1, 0.15) is 11.5 Å². The van der Waals surface area contributed by atoms with Crippen molar-refractivity contribution in [1.29, 1.82) is 0 Å². The van der Waals surface area contributed by atoms with Gasteiger partial charge in [0.15, 0.2) is 0 Å². The maximum Gasteiger partial charge on any atom is 0.126 e. The molecule has 0 heterocycles. The molecule has 0 aliphatic carbocycles. The number of ether oxygens (including phenoxy) is 1. The molecular formula is C22H24O2. The van der Waals surface area contributed by atoms with Gasteiger partial charge in [0.2, 0.25) is 0 Å². The van der Waals surface area contributed by atoms with Crippen molar-refractivity contribution in [3.8, 4) is 11.5 Å². The van der Waals surface area contributed by atoms with Gasteiger partial charge in [-0.15, -0.1) is 0 Å². The van der Waals surface area contributed by atoms with Crippen molar-refractivity contribution in [1.82, 2.24) is 0 Å². The van der Waals surface area contributed by atoms with Crippen LogP contribution in [0, 0.1) is 0 Å². The number of phenols is 1. The van der Waals surface area contributed by atoms with Crippen molar-refractivity contribution in [3.63, 3.8) is 0 Å². The fourth-order valence-electron chi connectivity index (χ4n) is 3.45. The third-order valence-corrected chi connectivity index (χ3v) is 4.67. The van der Waals surface area contributed by atoms with E-state index in [9.17, 15) is 5.11 Å². The van der Waals surface area contributed by atoms with Crippen LogP contribution in [-0.2, 0) is 0 Å². The Morgan fingerprint density at radius 3 is 2.29 bits per heavy atom. The predicted octanol–water partition coefficient (Wildman–Crippen LogP) is 5.88. The Hall–Kier alpha value is -2.48. The number of unbranched alkanes of at least 4 members (excludes halogenated alkanes) is 1.